The first kappa shape index (κ1) is 19.9. The number of halogens is 4. The highest BCUT2D eigenvalue weighted by Crippen LogP contribution is 2.34. The second kappa shape index (κ2) is 8.06. The lowest BCUT2D eigenvalue weighted by Crippen LogP contribution is -2.25. The molecule has 0 saturated carbocycles. The summed E-state index contributed by atoms with van der Waals surface area (Å²) >= 11 is 5.78. The predicted octanol–water partition coefficient (Wildman–Crippen LogP) is 5.20. The molecule has 0 aliphatic rings. The molecule has 0 radical (unpaired) electrons. The van der Waals surface area contributed by atoms with Crippen molar-refractivity contribution >= 4 is 34.2 Å². The maximum absolute atomic E-state index is 13.2. The van der Waals surface area contributed by atoms with Crippen molar-refractivity contribution in [3.8, 4) is 0 Å². The molecule has 1 aromatic heterocycles. The Morgan fingerprint density at radius 3 is 2.50 bits per heavy atom. The number of anilines is 1. The number of hydrogen-bond donors (Lipinski definition) is 0. The van der Waals surface area contributed by atoms with Gasteiger partial charge in [-0.05, 0) is 36.4 Å². The molecule has 0 bridgehead atoms. The molecule has 3 aromatic rings. The Morgan fingerprint density at radius 2 is 1.82 bits per heavy atom. The lowest BCUT2D eigenvalue weighted by atomic mass is 10.1. The van der Waals surface area contributed by atoms with Gasteiger partial charge in [-0.15, -0.1) is 0 Å². The molecule has 2 aromatic carbocycles. The SMILES string of the molecule is CN(CCOC(=O)c1ccc(Cl)cc1)c1cc(C(F)(F)F)nc2ccccc12. The minimum atomic E-state index is -4.55. The molecule has 3 rings (SSSR count). The van der Waals surface area contributed by atoms with E-state index in [4.69, 9.17) is 16.3 Å². The molecule has 0 saturated heterocycles. The number of likely N-dealkylation sites (N-methyl/N-ethyl adjacent to an activating group) is 1. The van der Waals surface area contributed by atoms with Crippen molar-refractivity contribution in [1.82, 2.24) is 4.98 Å². The number of hydrogen-bond acceptors (Lipinski definition) is 4. The molecule has 0 aliphatic heterocycles. The zero-order valence-corrected chi connectivity index (χ0v) is 15.6. The van der Waals surface area contributed by atoms with Gasteiger partial charge >= 0.3 is 12.1 Å². The van der Waals surface area contributed by atoms with Crippen molar-refractivity contribution in [2.45, 2.75) is 6.18 Å². The molecule has 0 aliphatic carbocycles. The minimum absolute atomic E-state index is 0.00988. The van der Waals surface area contributed by atoms with Crippen LogP contribution in [0.1, 0.15) is 16.1 Å². The van der Waals surface area contributed by atoms with E-state index >= 15 is 0 Å². The molecule has 0 spiro atoms. The first-order valence-electron chi connectivity index (χ1n) is 8.36. The number of pyridine rings is 1. The molecular weight excluding hydrogens is 393 g/mol. The van der Waals surface area contributed by atoms with Crippen molar-refractivity contribution in [2.75, 3.05) is 25.1 Å². The lowest BCUT2D eigenvalue weighted by molar-refractivity contribution is -0.140. The number of fused-ring (bicyclic) bond motifs is 1. The second-order valence-electron chi connectivity index (χ2n) is 6.11. The maximum Gasteiger partial charge on any atom is 0.433 e. The second-order valence-corrected chi connectivity index (χ2v) is 6.54. The van der Waals surface area contributed by atoms with Gasteiger partial charge in [-0.1, -0.05) is 29.8 Å². The van der Waals surface area contributed by atoms with E-state index in [1.807, 2.05) is 0 Å². The van der Waals surface area contributed by atoms with Gasteiger partial charge in [-0.2, -0.15) is 13.2 Å². The number of aromatic nitrogens is 1. The number of carbonyl (C=O) groups is 1. The monoisotopic (exact) mass is 408 g/mol. The van der Waals surface area contributed by atoms with Crippen LogP contribution in [-0.2, 0) is 10.9 Å². The van der Waals surface area contributed by atoms with E-state index in [1.54, 1.807) is 54.4 Å². The third-order valence-corrected chi connectivity index (χ3v) is 4.39. The summed E-state index contributed by atoms with van der Waals surface area (Å²) in [6, 6.07) is 13.8. The van der Waals surface area contributed by atoms with E-state index < -0.39 is 17.8 Å². The molecular formula is C20H16ClF3N2O2. The van der Waals surface area contributed by atoms with Crippen LogP contribution in [0.2, 0.25) is 5.02 Å². The van der Waals surface area contributed by atoms with Crippen molar-refractivity contribution < 1.29 is 22.7 Å². The summed E-state index contributed by atoms with van der Waals surface area (Å²) in [6.45, 7) is 0.223. The van der Waals surface area contributed by atoms with Crippen molar-refractivity contribution in [1.29, 1.82) is 0 Å². The van der Waals surface area contributed by atoms with Crippen LogP contribution in [0.4, 0.5) is 18.9 Å². The van der Waals surface area contributed by atoms with Crippen LogP contribution in [0.25, 0.3) is 10.9 Å². The predicted molar refractivity (Wildman–Crippen MR) is 102 cm³/mol. The summed E-state index contributed by atoms with van der Waals surface area (Å²) in [7, 11) is 1.64. The minimum Gasteiger partial charge on any atom is -0.460 e. The molecule has 0 fully saturated rings. The Labute approximate surface area is 164 Å². The average molecular weight is 409 g/mol. The smallest absolute Gasteiger partial charge is 0.433 e. The molecule has 8 heteroatoms. The van der Waals surface area contributed by atoms with Gasteiger partial charge in [0, 0.05) is 23.1 Å². The molecule has 146 valence electrons. The number of ether oxygens (including phenoxy) is 1. The zero-order valence-electron chi connectivity index (χ0n) is 14.8. The Kier molecular flexibility index (Phi) is 5.74. The molecule has 0 N–H and O–H groups in total. The van der Waals surface area contributed by atoms with Crippen LogP contribution in [0.5, 0.6) is 0 Å². The number of para-hydroxylation sites is 1. The highest BCUT2D eigenvalue weighted by molar-refractivity contribution is 6.30. The van der Waals surface area contributed by atoms with Crippen LogP contribution in [0, 0.1) is 0 Å². The van der Waals surface area contributed by atoms with Crippen LogP contribution >= 0.6 is 11.6 Å². The summed E-state index contributed by atoms with van der Waals surface area (Å²) in [5.41, 5.74) is -0.00946. The lowest BCUT2D eigenvalue weighted by Gasteiger charge is -2.22. The number of carbonyl (C=O) groups excluding carboxylic acids is 1. The number of nitrogens with zero attached hydrogens (tertiary/aromatic N) is 2. The Balaban J connectivity index is 1.75. The normalized spacial score (nSPS) is 11.5. The third kappa shape index (κ3) is 4.54. The number of esters is 1. The maximum atomic E-state index is 13.2. The topological polar surface area (TPSA) is 42.4 Å². The van der Waals surface area contributed by atoms with Gasteiger partial charge in [-0.25, -0.2) is 9.78 Å². The van der Waals surface area contributed by atoms with Crippen LogP contribution in [0.3, 0.4) is 0 Å². The standard InChI is InChI=1S/C20H16ClF3N2O2/c1-26(10-11-28-19(27)13-6-8-14(21)9-7-13)17-12-18(20(22,23)24)25-16-5-3-2-4-15(16)17/h2-9,12H,10-11H2,1H3. The summed E-state index contributed by atoms with van der Waals surface area (Å²) in [5.74, 6) is -0.527. The molecule has 1 heterocycles. The largest absolute Gasteiger partial charge is 0.460 e. The molecule has 0 amide bonds. The van der Waals surface area contributed by atoms with Gasteiger partial charge in [-0.3, -0.25) is 0 Å². The quantitative estimate of drug-likeness (QED) is 0.544. The number of alkyl halides is 3. The summed E-state index contributed by atoms with van der Waals surface area (Å²) in [6.07, 6.45) is -4.55. The number of rotatable bonds is 5. The Morgan fingerprint density at radius 1 is 1.14 bits per heavy atom. The summed E-state index contributed by atoms with van der Waals surface area (Å²) in [4.78, 5) is 17.3. The molecule has 0 atom stereocenters. The van der Waals surface area contributed by atoms with E-state index in [-0.39, 0.29) is 18.7 Å². The van der Waals surface area contributed by atoms with E-state index in [9.17, 15) is 18.0 Å². The van der Waals surface area contributed by atoms with E-state index in [2.05, 4.69) is 4.98 Å². The fraction of sp³-hybridized carbons (Fsp3) is 0.200. The first-order chi connectivity index (χ1) is 13.3. The molecule has 28 heavy (non-hydrogen) atoms. The first-order valence-corrected chi connectivity index (χ1v) is 8.74. The highest BCUT2D eigenvalue weighted by atomic mass is 35.5. The zero-order chi connectivity index (χ0) is 20.3. The van der Waals surface area contributed by atoms with Crippen molar-refractivity contribution in [3.63, 3.8) is 0 Å². The van der Waals surface area contributed by atoms with Crippen molar-refractivity contribution in [2.24, 2.45) is 0 Å². The van der Waals surface area contributed by atoms with Crippen LogP contribution < -0.4 is 4.90 Å². The number of benzene rings is 2. The summed E-state index contributed by atoms with van der Waals surface area (Å²) < 4.78 is 44.7. The van der Waals surface area contributed by atoms with E-state index in [1.165, 1.54) is 6.07 Å². The van der Waals surface area contributed by atoms with Gasteiger partial charge in [0.1, 0.15) is 12.3 Å². The van der Waals surface area contributed by atoms with Crippen molar-refractivity contribution in [3.05, 3.63) is 70.9 Å². The Bertz CT molecular complexity index is 991. The van der Waals surface area contributed by atoms with E-state index in [0.717, 1.165) is 6.07 Å². The van der Waals surface area contributed by atoms with Gasteiger partial charge in [0.2, 0.25) is 0 Å². The fourth-order valence-electron chi connectivity index (χ4n) is 2.68. The highest BCUT2D eigenvalue weighted by Gasteiger charge is 2.33. The van der Waals surface area contributed by atoms with Crippen LogP contribution in [-0.4, -0.2) is 31.2 Å². The van der Waals surface area contributed by atoms with E-state index in [0.29, 0.717) is 21.7 Å². The third-order valence-electron chi connectivity index (χ3n) is 4.14. The van der Waals surface area contributed by atoms with Gasteiger partial charge in [0.15, 0.2) is 0 Å². The average Bonchev–Trinajstić information content (AvgIpc) is 2.66. The summed E-state index contributed by atoms with van der Waals surface area (Å²) in [5, 5.41) is 1.09. The molecule has 0 unspecified atom stereocenters. The Hall–Kier alpha value is -2.80. The fourth-order valence-corrected chi connectivity index (χ4v) is 2.81. The van der Waals surface area contributed by atoms with Gasteiger partial charge in [0.05, 0.1) is 17.6 Å². The van der Waals surface area contributed by atoms with Gasteiger partial charge < -0.3 is 9.64 Å². The van der Waals surface area contributed by atoms with Crippen LogP contribution in [0.15, 0.2) is 54.6 Å². The van der Waals surface area contributed by atoms with Gasteiger partial charge in [0.25, 0.3) is 0 Å². The molecule has 4 nitrogen and oxygen atoms in total.